The molecule has 2 rings (SSSR count). The van der Waals surface area contributed by atoms with Gasteiger partial charge in [-0.25, -0.2) is 4.98 Å². The monoisotopic (exact) mass is 247 g/mol. The van der Waals surface area contributed by atoms with Crippen LogP contribution in [0.25, 0.3) is 0 Å². The van der Waals surface area contributed by atoms with Crippen molar-refractivity contribution < 1.29 is 9.84 Å². The molecule has 1 aromatic heterocycles. The van der Waals surface area contributed by atoms with Gasteiger partial charge < -0.3 is 9.84 Å². The maximum absolute atomic E-state index is 9.17. The van der Waals surface area contributed by atoms with Crippen LogP contribution in [0, 0.1) is 0 Å². The Bertz CT molecular complexity index is 485. The number of thioether (sulfide) groups is 1. The predicted molar refractivity (Wildman–Crippen MR) is 68.5 cm³/mol. The van der Waals surface area contributed by atoms with Gasteiger partial charge in [0, 0.05) is 16.7 Å². The minimum absolute atomic E-state index is 0.286. The van der Waals surface area contributed by atoms with Crippen molar-refractivity contribution in [3.63, 3.8) is 0 Å². The van der Waals surface area contributed by atoms with E-state index in [9.17, 15) is 5.11 Å². The van der Waals surface area contributed by atoms with E-state index in [-0.39, 0.29) is 5.75 Å². The van der Waals surface area contributed by atoms with E-state index in [0.717, 1.165) is 16.3 Å². The molecule has 0 saturated carbocycles. The van der Waals surface area contributed by atoms with Crippen molar-refractivity contribution in [2.24, 2.45) is 0 Å². The standard InChI is InChI=1S/C13H13NO2S/c1-16-13-4-2-3-10(14-13)9-17-12-7-5-11(15)6-8-12/h2-8,15H,9H2,1H3. The van der Waals surface area contributed by atoms with Gasteiger partial charge in [0.2, 0.25) is 5.88 Å². The van der Waals surface area contributed by atoms with Gasteiger partial charge in [-0.15, -0.1) is 11.8 Å². The lowest BCUT2D eigenvalue weighted by atomic mass is 10.3. The second-order valence-electron chi connectivity index (χ2n) is 3.45. The maximum Gasteiger partial charge on any atom is 0.213 e. The number of aromatic hydroxyl groups is 1. The van der Waals surface area contributed by atoms with Crippen LogP contribution in [0.1, 0.15) is 5.69 Å². The Hall–Kier alpha value is -1.68. The van der Waals surface area contributed by atoms with Crippen molar-refractivity contribution in [2.75, 3.05) is 7.11 Å². The molecule has 4 heteroatoms. The number of nitrogens with zero attached hydrogens (tertiary/aromatic N) is 1. The number of hydrogen-bond donors (Lipinski definition) is 1. The van der Waals surface area contributed by atoms with Crippen molar-refractivity contribution in [3.8, 4) is 11.6 Å². The Labute approximate surface area is 104 Å². The number of phenols is 1. The van der Waals surface area contributed by atoms with E-state index in [1.807, 2.05) is 30.3 Å². The smallest absolute Gasteiger partial charge is 0.213 e. The van der Waals surface area contributed by atoms with Crippen LogP contribution in [0.3, 0.4) is 0 Å². The summed E-state index contributed by atoms with van der Waals surface area (Å²) in [5.74, 6) is 1.70. The average molecular weight is 247 g/mol. The van der Waals surface area contributed by atoms with Crippen LogP contribution in [0.4, 0.5) is 0 Å². The molecule has 1 N–H and O–H groups in total. The molecule has 0 aliphatic heterocycles. The van der Waals surface area contributed by atoms with Gasteiger partial charge in [0.25, 0.3) is 0 Å². The van der Waals surface area contributed by atoms with E-state index in [0.29, 0.717) is 5.88 Å². The summed E-state index contributed by atoms with van der Waals surface area (Å²) in [6.07, 6.45) is 0. The molecular weight excluding hydrogens is 234 g/mol. The lowest BCUT2D eigenvalue weighted by Crippen LogP contribution is -1.91. The number of phenolic OH excluding ortho intramolecular Hbond substituents is 1. The molecule has 1 heterocycles. The molecular formula is C13H13NO2S. The van der Waals surface area contributed by atoms with Crippen LogP contribution in [0.5, 0.6) is 11.6 Å². The molecule has 0 aliphatic rings. The third-order valence-corrected chi connectivity index (χ3v) is 3.26. The summed E-state index contributed by atoms with van der Waals surface area (Å²) in [5.41, 5.74) is 0.974. The van der Waals surface area contributed by atoms with Gasteiger partial charge in [-0.05, 0) is 30.3 Å². The fourth-order valence-corrected chi connectivity index (χ4v) is 2.16. The van der Waals surface area contributed by atoms with Gasteiger partial charge in [-0.3, -0.25) is 0 Å². The Kier molecular flexibility index (Phi) is 3.88. The van der Waals surface area contributed by atoms with Crippen molar-refractivity contribution >= 4 is 11.8 Å². The molecule has 0 amide bonds. The normalized spacial score (nSPS) is 10.2. The number of aromatic nitrogens is 1. The number of pyridine rings is 1. The highest BCUT2D eigenvalue weighted by Crippen LogP contribution is 2.24. The van der Waals surface area contributed by atoms with Gasteiger partial charge in [0.1, 0.15) is 5.75 Å². The van der Waals surface area contributed by atoms with E-state index in [1.165, 1.54) is 0 Å². The lowest BCUT2D eigenvalue weighted by Gasteiger charge is -2.03. The third kappa shape index (κ3) is 3.39. The van der Waals surface area contributed by atoms with Crippen LogP contribution in [-0.2, 0) is 5.75 Å². The van der Waals surface area contributed by atoms with Gasteiger partial charge in [0.15, 0.2) is 0 Å². The first kappa shape index (κ1) is 11.8. The van der Waals surface area contributed by atoms with Crippen molar-refractivity contribution in [3.05, 3.63) is 48.2 Å². The van der Waals surface area contributed by atoms with E-state index >= 15 is 0 Å². The molecule has 0 spiro atoms. The molecule has 17 heavy (non-hydrogen) atoms. The first-order valence-corrected chi connectivity index (χ1v) is 6.18. The van der Waals surface area contributed by atoms with Gasteiger partial charge >= 0.3 is 0 Å². The Balaban J connectivity index is 1.99. The van der Waals surface area contributed by atoms with Crippen LogP contribution in [0.15, 0.2) is 47.4 Å². The minimum atomic E-state index is 0.286. The second-order valence-corrected chi connectivity index (χ2v) is 4.50. The molecule has 0 unspecified atom stereocenters. The van der Waals surface area contributed by atoms with E-state index in [2.05, 4.69) is 4.98 Å². The lowest BCUT2D eigenvalue weighted by molar-refractivity contribution is 0.397. The van der Waals surface area contributed by atoms with Crippen molar-refractivity contribution in [2.45, 2.75) is 10.6 Å². The molecule has 0 saturated heterocycles. The minimum Gasteiger partial charge on any atom is -0.508 e. The largest absolute Gasteiger partial charge is 0.508 e. The SMILES string of the molecule is COc1cccc(CSc2ccc(O)cc2)n1. The number of benzene rings is 1. The van der Waals surface area contributed by atoms with Crippen LogP contribution in [0.2, 0.25) is 0 Å². The molecule has 2 aromatic rings. The van der Waals surface area contributed by atoms with E-state index < -0.39 is 0 Å². The molecule has 0 radical (unpaired) electrons. The number of methoxy groups -OCH3 is 1. The van der Waals surface area contributed by atoms with Crippen molar-refractivity contribution in [1.82, 2.24) is 4.98 Å². The summed E-state index contributed by atoms with van der Waals surface area (Å²) in [4.78, 5) is 5.44. The van der Waals surface area contributed by atoms with Crippen molar-refractivity contribution in [1.29, 1.82) is 0 Å². The molecule has 3 nitrogen and oxygen atoms in total. The zero-order valence-corrected chi connectivity index (χ0v) is 10.3. The quantitative estimate of drug-likeness (QED) is 0.843. The highest BCUT2D eigenvalue weighted by atomic mass is 32.2. The predicted octanol–water partition coefficient (Wildman–Crippen LogP) is 3.09. The average Bonchev–Trinajstić information content (AvgIpc) is 2.38. The highest BCUT2D eigenvalue weighted by molar-refractivity contribution is 7.98. The van der Waals surface area contributed by atoms with Gasteiger partial charge in [-0.2, -0.15) is 0 Å². The summed E-state index contributed by atoms with van der Waals surface area (Å²) in [7, 11) is 1.61. The van der Waals surface area contributed by atoms with Crippen LogP contribution in [-0.4, -0.2) is 17.2 Å². The Morgan fingerprint density at radius 3 is 2.65 bits per heavy atom. The zero-order chi connectivity index (χ0) is 12.1. The van der Waals surface area contributed by atoms with Gasteiger partial charge in [-0.1, -0.05) is 6.07 Å². The first-order chi connectivity index (χ1) is 8.28. The van der Waals surface area contributed by atoms with E-state index in [4.69, 9.17) is 4.74 Å². The molecule has 88 valence electrons. The second kappa shape index (κ2) is 5.59. The fraction of sp³-hybridized carbons (Fsp3) is 0.154. The summed E-state index contributed by atoms with van der Waals surface area (Å²) < 4.78 is 5.07. The fourth-order valence-electron chi connectivity index (χ4n) is 1.35. The summed E-state index contributed by atoms with van der Waals surface area (Å²) in [6.45, 7) is 0. The van der Waals surface area contributed by atoms with Crippen LogP contribution >= 0.6 is 11.8 Å². The molecule has 0 fully saturated rings. The highest BCUT2D eigenvalue weighted by Gasteiger charge is 1.99. The van der Waals surface area contributed by atoms with Crippen LogP contribution < -0.4 is 4.74 Å². The van der Waals surface area contributed by atoms with Gasteiger partial charge in [0.05, 0.1) is 12.8 Å². The van der Waals surface area contributed by atoms with E-state index in [1.54, 1.807) is 31.0 Å². The third-order valence-electron chi connectivity index (χ3n) is 2.21. The topological polar surface area (TPSA) is 42.4 Å². The molecule has 0 aliphatic carbocycles. The summed E-state index contributed by atoms with van der Waals surface area (Å²) >= 11 is 1.67. The first-order valence-electron chi connectivity index (χ1n) is 5.19. The zero-order valence-electron chi connectivity index (χ0n) is 9.46. The maximum atomic E-state index is 9.17. The molecule has 1 aromatic carbocycles. The summed E-state index contributed by atoms with van der Waals surface area (Å²) in [6, 6.07) is 12.9. The number of hydrogen-bond acceptors (Lipinski definition) is 4. The number of ether oxygens (including phenoxy) is 1. The molecule has 0 atom stereocenters. The summed E-state index contributed by atoms with van der Waals surface area (Å²) in [5, 5.41) is 9.17. The number of rotatable bonds is 4. The molecule has 0 bridgehead atoms. The Morgan fingerprint density at radius 2 is 1.94 bits per heavy atom. The Morgan fingerprint density at radius 1 is 1.18 bits per heavy atom.